The fraction of sp³-hybridized carbons (Fsp3) is 0.462. The molecule has 0 spiro atoms. The zero-order chi connectivity index (χ0) is 13.1. The van der Waals surface area contributed by atoms with Gasteiger partial charge in [0.25, 0.3) is 0 Å². The highest BCUT2D eigenvalue weighted by molar-refractivity contribution is 7.98. The van der Waals surface area contributed by atoms with Gasteiger partial charge in [0.15, 0.2) is 0 Å². The van der Waals surface area contributed by atoms with Crippen molar-refractivity contribution in [2.24, 2.45) is 5.73 Å². The van der Waals surface area contributed by atoms with Crippen LogP contribution in [0.4, 0.5) is 0 Å². The van der Waals surface area contributed by atoms with Crippen molar-refractivity contribution in [1.29, 1.82) is 0 Å². The molecule has 0 bridgehead atoms. The van der Waals surface area contributed by atoms with E-state index in [1.165, 1.54) is 4.90 Å². The van der Waals surface area contributed by atoms with Gasteiger partial charge in [-0.05, 0) is 44.7 Å². The van der Waals surface area contributed by atoms with Crippen LogP contribution in [0.3, 0.4) is 0 Å². The molecule has 0 radical (unpaired) electrons. The Morgan fingerprint density at radius 1 is 1.35 bits per heavy atom. The van der Waals surface area contributed by atoms with Crippen molar-refractivity contribution >= 4 is 17.7 Å². The van der Waals surface area contributed by atoms with Crippen molar-refractivity contribution < 1.29 is 4.79 Å². The third-order valence-electron chi connectivity index (χ3n) is 2.55. The van der Waals surface area contributed by atoms with Gasteiger partial charge in [0.1, 0.15) is 0 Å². The number of thioether (sulfide) groups is 1. The van der Waals surface area contributed by atoms with E-state index in [1.807, 2.05) is 25.3 Å². The highest BCUT2D eigenvalue weighted by atomic mass is 32.2. The first-order valence-electron chi connectivity index (χ1n) is 5.58. The van der Waals surface area contributed by atoms with Crippen LogP contribution in [-0.4, -0.2) is 17.7 Å². The summed E-state index contributed by atoms with van der Waals surface area (Å²) in [7, 11) is 0. The third kappa shape index (κ3) is 4.06. The van der Waals surface area contributed by atoms with Gasteiger partial charge in [-0.3, -0.25) is 4.79 Å². The summed E-state index contributed by atoms with van der Waals surface area (Å²) in [5, 5.41) is 2.90. The lowest BCUT2D eigenvalue weighted by atomic mass is 10.0. The zero-order valence-electron chi connectivity index (χ0n) is 10.8. The lowest BCUT2D eigenvalue weighted by Crippen LogP contribution is -2.49. The van der Waals surface area contributed by atoms with Crippen LogP contribution in [-0.2, 0) is 4.79 Å². The van der Waals surface area contributed by atoms with Crippen molar-refractivity contribution in [2.45, 2.75) is 37.2 Å². The maximum atomic E-state index is 11.7. The number of nitrogens with one attached hydrogen (secondary N) is 1. The van der Waals surface area contributed by atoms with Gasteiger partial charge in [0, 0.05) is 4.90 Å². The molecule has 1 amide bonds. The Morgan fingerprint density at radius 3 is 2.29 bits per heavy atom. The van der Waals surface area contributed by atoms with Crippen LogP contribution in [0.25, 0.3) is 0 Å². The average molecular weight is 252 g/mol. The summed E-state index contributed by atoms with van der Waals surface area (Å²) in [4.78, 5) is 12.9. The van der Waals surface area contributed by atoms with Crippen molar-refractivity contribution in [3.63, 3.8) is 0 Å². The van der Waals surface area contributed by atoms with Gasteiger partial charge in [-0.25, -0.2) is 0 Å². The number of hydrogen-bond acceptors (Lipinski definition) is 3. The molecule has 0 saturated heterocycles. The van der Waals surface area contributed by atoms with E-state index in [0.29, 0.717) is 0 Å². The van der Waals surface area contributed by atoms with E-state index in [9.17, 15) is 4.79 Å². The van der Waals surface area contributed by atoms with Gasteiger partial charge in [-0.15, -0.1) is 11.8 Å². The van der Waals surface area contributed by atoms with Gasteiger partial charge in [-0.1, -0.05) is 12.1 Å². The summed E-state index contributed by atoms with van der Waals surface area (Å²) in [5.74, 6) is -0.140. The normalized spacial score (nSPS) is 13.2. The maximum Gasteiger partial charge on any atom is 0.239 e. The number of hydrogen-bond donors (Lipinski definition) is 2. The molecule has 0 heterocycles. The highest BCUT2D eigenvalue weighted by Crippen LogP contribution is 2.19. The predicted molar refractivity (Wildman–Crippen MR) is 73.0 cm³/mol. The Balaban J connectivity index is 2.70. The third-order valence-corrected chi connectivity index (χ3v) is 3.29. The standard InChI is InChI=1S/C13H20N2OS/c1-9(15-12(16)13(2,3)14)10-5-7-11(17-4)8-6-10/h5-9H,14H2,1-4H3,(H,15,16). The molecule has 0 aliphatic rings. The molecule has 1 atom stereocenters. The van der Waals surface area contributed by atoms with Crippen molar-refractivity contribution in [3.8, 4) is 0 Å². The molecular formula is C13H20N2OS. The molecule has 0 aliphatic carbocycles. The van der Waals surface area contributed by atoms with Gasteiger partial charge in [-0.2, -0.15) is 0 Å². The minimum atomic E-state index is -0.840. The molecule has 4 heteroatoms. The van der Waals surface area contributed by atoms with Gasteiger partial charge < -0.3 is 11.1 Å². The van der Waals surface area contributed by atoms with Gasteiger partial charge >= 0.3 is 0 Å². The van der Waals surface area contributed by atoms with Crippen molar-refractivity contribution in [1.82, 2.24) is 5.32 Å². The lowest BCUT2D eigenvalue weighted by Gasteiger charge is -2.22. The number of benzene rings is 1. The molecule has 1 rings (SSSR count). The molecule has 94 valence electrons. The van der Waals surface area contributed by atoms with Crippen molar-refractivity contribution in [3.05, 3.63) is 29.8 Å². The molecule has 1 unspecified atom stereocenters. The van der Waals surface area contributed by atoms with Crippen molar-refractivity contribution in [2.75, 3.05) is 6.26 Å². The van der Waals surface area contributed by atoms with Crippen LogP contribution >= 0.6 is 11.8 Å². The molecule has 0 aromatic heterocycles. The minimum Gasteiger partial charge on any atom is -0.348 e. The van der Waals surface area contributed by atoms with E-state index in [-0.39, 0.29) is 11.9 Å². The second-order valence-corrected chi connectivity index (χ2v) is 5.57. The Hall–Kier alpha value is -1.00. The van der Waals surface area contributed by atoms with Crippen LogP contribution in [0, 0.1) is 0 Å². The fourth-order valence-corrected chi connectivity index (χ4v) is 1.77. The predicted octanol–water partition coefficient (Wildman–Crippen LogP) is 2.32. The minimum absolute atomic E-state index is 0.0266. The summed E-state index contributed by atoms with van der Waals surface area (Å²) in [6, 6.07) is 8.13. The number of amides is 1. The Kier molecular flexibility index (Phi) is 4.60. The summed E-state index contributed by atoms with van der Waals surface area (Å²) in [6.45, 7) is 5.36. The SMILES string of the molecule is CSc1ccc(C(C)NC(=O)C(C)(C)N)cc1. The van der Waals surface area contributed by atoms with Crippen LogP contribution in [0.1, 0.15) is 32.4 Å². The Bertz CT molecular complexity index is 381. The van der Waals surface area contributed by atoms with E-state index in [1.54, 1.807) is 25.6 Å². The topological polar surface area (TPSA) is 55.1 Å². The highest BCUT2D eigenvalue weighted by Gasteiger charge is 2.23. The monoisotopic (exact) mass is 252 g/mol. The van der Waals surface area contributed by atoms with Crippen LogP contribution < -0.4 is 11.1 Å². The number of carbonyl (C=O) groups is 1. The quantitative estimate of drug-likeness (QED) is 0.809. The summed E-state index contributed by atoms with van der Waals surface area (Å²) in [6.07, 6.45) is 2.04. The zero-order valence-corrected chi connectivity index (χ0v) is 11.6. The largest absolute Gasteiger partial charge is 0.348 e. The lowest BCUT2D eigenvalue weighted by molar-refractivity contribution is -0.125. The van der Waals surface area contributed by atoms with E-state index in [0.717, 1.165) is 5.56 Å². The molecule has 1 aromatic rings. The van der Waals surface area contributed by atoms with Crippen LogP contribution in [0.15, 0.2) is 29.2 Å². The van der Waals surface area contributed by atoms with Crippen LogP contribution in [0.2, 0.25) is 0 Å². The smallest absolute Gasteiger partial charge is 0.239 e. The molecule has 0 aliphatic heterocycles. The molecule has 3 nitrogen and oxygen atoms in total. The molecule has 3 N–H and O–H groups in total. The first kappa shape index (κ1) is 14.1. The number of rotatable bonds is 4. The number of nitrogens with two attached hydrogens (primary N) is 1. The second-order valence-electron chi connectivity index (χ2n) is 4.69. The van der Waals surface area contributed by atoms with Gasteiger partial charge in [0.2, 0.25) is 5.91 Å². The molecule has 17 heavy (non-hydrogen) atoms. The van der Waals surface area contributed by atoms with E-state index < -0.39 is 5.54 Å². The second kappa shape index (κ2) is 5.56. The maximum absolute atomic E-state index is 11.7. The van der Waals surface area contributed by atoms with Crippen LogP contribution in [0.5, 0.6) is 0 Å². The van der Waals surface area contributed by atoms with Gasteiger partial charge in [0.05, 0.1) is 11.6 Å². The average Bonchev–Trinajstić information content (AvgIpc) is 2.27. The summed E-state index contributed by atoms with van der Waals surface area (Å²) >= 11 is 1.70. The van der Waals surface area contributed by atoms with E-state index >= 15 is 0 Å². The summed E-state index contributed by atoms with van der Waals surface area (Å²) in [5.41, 5.74) is 5.98. The molecule has 0 fully saturated rings. The summed E-state index contributed by atoms with van der Waals surface area (Å²) < 4.78 is 0. The molecular weight excluding hydrogens is 232 g/mol. The first-order chi connectivity index (χ1) is 7.84. The Labute approximate surface area is 107 Å². The molecule has 1 aromatic carbocycles. The van der Waals surface area contributed by atoms with E-state index in [4.69, 9.17) is 5.73 Å². The first-order valence-corrected chi connectivity index (χ1v) is 6.81. The van der Waals surface area contributed by atoms with E-state index in [2.05, 4.69) is 17.4 Å². The molecule has 0 saturated carbocycles. The number of carbonyl (C=O) groups excluding carboxylic acids is 1. The fourth-order valence-electron chi connectivity index (χ4n) is 1.36. The Morgan fingerprint density at radius 2 is 1.88 bits per heavy atom.